The highest BCUT2D eigenvalue weighted by atomic mass is 16.5. The first-order valence-electron chi connectivity index (χ1n) is 8.02. The van der Waals surface area contributed by atoms with Gasteiger partial charge in [-0.2, -0.15) is 0 Å². The normalized spacial score (nSPS) is 13.1. The lowest BCUT2D eigenvalue weighted by Crippen LogP contribution is -2.28. The lowest BCUT2D eigenvalue weighted by molar-refractivity contribution is -0.132. The van der Waals surface area contributed by atoms with E-state index >= 15 is 0 Å². The molecule has 0 aromatic rings. The number of aliphatic hydroxyl groups excluding tert-OH is 2. The minimum absolute atomic E-state index is 0.108. The molecule has 5 heteroatoms. The van der Waals surface area contributed by atoms with Crippen LogP contribution in [-0.2, 0) is 14.3 Å². The van der Waals surface area contributed by atoms with E-state index in [1.165, 1.54) is 0 Å². The van der Waals surface area contributed by atoms with E-state index in [2.05, 4.69) is 0 Å². The van der Waals surface area contributed by atoms with Crippen LogP contribution in [0.4, 0.5) is 0 Å². The minimum atomic E-state index is -0.419. The fourth-order valence-electron chi connectivity index (χ4n) is 1.91. The lowest BCUT2D eigenvalue weighted by atomic mass is 10.1. The number of ether oxygens (including phenoxy) is 2. The summed E-state index contributed by atoms with van der Waals surface area (Å²) < 4.78 is 11.0. The van der Waals surface area contributed by atoms with E-state index in [1.807, 2.05) is 20.8 Å². The van der Waals surface area contributed by atoms with E-state index in [0.29, 0.717) is 12.8 Å². The molecule has 126 valence electrons. The van der Waals surface area contributed by atoms with Gasteiger partial charge in [0.1, 0.15) is 6.10 Å². The average Bonchev–Trinajstić information content (AvgIpc) is 2.47. The SMILES string of the molecule is CCC(OCC(CO)CO)C(=O)CCCCCOC(C)C. The van der Waals surface area contributed by atoms with Crippen molar-refractivity contribution in [2.75, 3.05) is 26.4 Å². The van der Waals surface area contributed by atoms with Crippen LogP contribution in [0.15, 0.2) is 0 Å². The number of carbonyl (C=O) groups is 1. The highest BCUT2D eigenvalue weighted by Crippen LogP contribution is 2.10. The van der Waals surface area contributed by atoms with Crippen molar-refractivity contribution in [3.63, 3.8) is 0 Å². The Labute approximate surface area is 128 Å². The van der Waals surface area contributed by atoms with Crippen molar-refractivity contribution >= 4 is 5.78 Å². The molecule has 0 aliphatic heterocycles. The van der Waals surface area contributed by atoms with Gasteiger partial charge in [0.15, 0.2) is 5.78 Å². The Morgan fingerprint density at radius 1 is 1.05 bits per heavy atom. The second-order valence-electron chi connectivity index (χ2n) is 5.66. The second kappa shape index (κ2) is 13.2. The molecule has 0 aliphatic carbocycles. The highest BCUT2D eigenvalue weighted by Gasteiger charge is 2.18. The number of carbonyl (C=O) groups excluding carboxylic acids is 1. The number of Topliss-reactive ketones (excluding diaryl/α,β-unsaturated/α-hetero) is 1. The van der Waals surface area contributed by atoms with Gasteiger partial charge in [-0.05, 0) is 33.1 Å². The Morgan fingerprint density at radius 3 is 2.24 bits per heavy atom. The summed E-state index contributed by atoms with van der Waals surface area (Å²) in [6, 6.07) is 0. The molecule has 21 heavy (non-hydrogen) atoms. The standard InChI is InChI=1S/C16H32O5/c1-4-16(21-12-14(10-17)11-18)15(19)8-6-5-7-9-20-13(2)3/h13-14,16-18H,4-12H2,1-3H3. The smallest absolute Gasteiger partial charge is 0.161 e. The number of hydrogen-bond acceptors (Lipinski definition) is 5. The Bertz CT molecular complexity index is 251. The summed E-state index contributed by atoms with van der Waals surface area (Å²) in [5.41, 5.74) is 0. The summed E-state index contributed by atoms with van der Waals surface area (Å²) in [5, 5.41) is 18.0. The van der Waals surface area contributed by atoms with Gasteiger partial charge in [-0.1, -0.05) is 13.3 Å². The predicted molar refractivity (Wildman–Crippen MR) is 82.3 cm³/mol. The van der Waals surface area contributed by atoms with E-state index < -0.39 is 6.10 Å². The summed E-state index contributed by atoms with van der Waals surface area (Å²) in [6.07, 6.45) is 3.78. The van der Waals surface area contributed by atoms with E-state index in [4.69, 9.17) is 19.7 Å². The van der Waals surface area contributed by atoms with E-state index in [-0.39, 0.29) is 37.6 Å². The molecule has 5 nitrogen and oxygen atoms in total. The van der Waals surface area contributed by atoms with Crippen LogP contribution in [-0.4, -0.2) is 54.6 Å². The molecular formula is C16H32O5. The molecule has 0 heterocycles. The van der Waals surface area contributed by atoms with E-state index in [9.17, 15) is 4.79 Å². The minimum Gasteiger partial charge on any atom is -0.396 e. The van der Waals surface area contributed by atoms with Crippen LogP contribution < -0.4 is 0 Å². The van der Waals surface area contributed by atoms with Gasteiger partial charge in [0, 0.05) is 18.9 Å². The van der Waals surface area contributed by atoms with Gasteiger partial charge < -0.3 is 19.7 Å². The van der Waals surface area contributed by atoms with Gasteiger partial charge in [0.25, 0.3) is 0 Å². The average molecular weight is 304 g/mol. The van der Waals surface area contributed by atoms with Gasteiger partial charge in [-0.3, -0.25) is 4.79 Å². The third-order valence-corrected chi connectivity index (χ3v) is 3.30. The molecule has 0 rings (SSSR count). The molecule has 0 aliphatic rings. The van der Waals surface area contributed by atoms with Crippen LogP contribution >= 0.6 is 0 Å². The summed E-state index contributed by atoms with van der Waals surface area (Å²) in [6.45, 7) is 6.64. The van der Waals surface area contributed by atoms with Gasteiger partial charge in [-0.15, -0.1) is 0 Å². The highest BCUT2D eigenvalue weighted by molar-refractivity contribution is 5.82. The maximum atomic E-state index is 12.0. The number of unbranched alkanes of at least 4 members (excludes halogenated alkanes) is 2. The van der Waals surface area contributed by atoms with Crippen molar-refractivity contribution in [1.29, 1.82) is 0 Å². The number of rotatable bonds is 14. The van der Waals surface area contributed by atoms with Crippen molar-refractivity contribution in [2.24, 2.45) is 5.92 Å². The van der Waals surface area contributed by atoms with Crippen LogP contribution in [0.25, 0.3) is 0 Å². The molecule has 1 atom stereocenters. The topological polar surface area (TPSA) is 76.0 Å². The summed E-state index contributed by atoms with van der Waals surface area (Å²) >= 11 is 0. The van der Waals surface area contributed by atoms with Crippen LogP contribution in [0, 0.1) is 5.92 Å². The molecule has 0 spiro atoms. The maximum Gasteiger partial charge on any atom is 0.161 e. The fourth-order valence-corrected chi connectivity index (χ4v) is 1.91. The molecule has 2 N–H and O–H groups in total. The second-order valence-corrected chi connectivity index (χ2v) is 5.66. The van der Waals surface area contributed by atoms with Crippen molar-refractivity contribution < 1.29 is 24.5 Å². The number of ketones is 1. The molecule has 0 saturated carbocycles. The van der Waals surface area contributed by atoms with Crippen molar-refractivity contribution in [3.8, 4) is 0 Å². The first-order chi connectivity index (χ1) is 10.0. The van der Waals surface area contributed by atoms with Crippen LogP contribution in [0.2, 0.25) is 0 Å². The van der Waals surface area contributed by atoms with Gasteiger partial charge in [-0.25, -0.2) is 0 Å². The third kappa shape index (κ3) is 10.8. The van der Waals surface area contributed by atoms with Gasteiger partial charge >= 0.3 is 0 Å². The van der Waals surface area contributed by atoms with Crippen LogP contribution in [0.1, 0.15) is 52.9 Å². The Morgan fingerprint density at radius 2 is 1.71 bits per heavy atom. The van der Waals surface area contributed by atoms with E-state index in [0.717, 1.165) is 25.9 Å². The lowest BCUT2D eigenvalue weighted by Gasteiger charge is -2.18. The molecule has 0 saturated heterocycles. The molecule has 0 bridgehead atoms. The molecule has 0 radical (unpaired) electrons. The maximum absolute atomic E-state index is 12.0. The Kier molecular flexibility index (Phi) is 12.9. The van der Waals surface area contributed by atoms with Crippen molar-refractivity contribution in [2.45, 2.75) is 65.1 Å². The molecule has 1 unspecified atom stereocenters. The zero-order valence-electron chi connectivity index (χ0n) is 13.7. The van der Waals surface area contributed by atoms with Crippen molar-refractivity contribution in [3.05, 3.63) is 0 Å². The first-order valence-corrected chi connectivity index (χ1v) is 8.02. The largest absolute Gasteiger partial charge is 0.396 e. The zero-order chi connectivity index (χ0) is 16.1. The van der Waals surface area contributed by atoms with Crippen LogP contribution in [0.3, 0.4) is 0 Å². The molecule has 0 aromatic heterocycles. The molecule has 0 fully saturated rings. The quantitative estimate of drug-likeness (QED) is 0.480. The number of hydrogen-bond donors (Lipinski definition) is 2. The van der Waals surface area contributed by atoms with Gasteiger partial charge in [0.2, 0.25) is 0 Å². The fraction of sp³-hybridized carbons (Fsp3) is 0.938. The first kappa shape index (κ1) is 20.5. The molecule has 0 amide bonds. The summed E-state index contributed by atoms with van der Waals surface area (Å²) in [7, 11) is 0. The van der Waals surface area contributed by atoms with Gasteiger partial charge in [0.05, 0.1) is 25.9 Å². The molecular weight excluding hydrogens is 272 g/mol. The molecule has 0 aromatic carbocycles. The van der Waals surface area contributed by atoms with Crippen LogP contribution in [0.5, 0.6) is 0 Å². The third-order valence-electron chi connectivity index (χ3n) is 3.30. The zero-order valence-corrected chi connectivity index (χ0v) is 13.7. The Balaban J connectivity index is 3.79. The Hall–Kier alpha value is -0.490. The monoisotopic (exact) mass is 304 g/mol. The van der Waals surface area contributed by atoms with E-state index in [1.54, 1.807) is 0 Å². The summed E-state index contributed by atoms with van der Waals surface area (Å²) in [4.78, 5) is 12.0. The summed E-state index contributed by atoms with van der Waals surface area (Å²) in [5.74, 6) is -0.197. The predicted octanol–water partition coefficient (Wildman–Crippen LogP) is 1.94. The van der Waals surface area contributed by atoms with Crippen molar-refractivity contribution in [1.82, 2.24) is 0 Å². The number of aliphatic hydroxyl groups is 2.